The second-order valence-electron chi connectivity index (χ2n) is 7.16. The second kappa shape index (κ2) is 8.68. The molecule has 0 aromatic heterocycles. The molecular formula is C19H27ClN2O3. The molecule has 2 amide bonds. The van der Waals surface area contributed by atoms with Gasteiger partial charge >= 0.3 is 0 Å². The minimum absolute atomic E-state index is 0.000586. The van der Waals surface area contributed by atoms with Gasteiger partial charge in [-0.25, -0.2) is 0 Å². The predicted molar refractivity (Wildman–Crippen MR) is 98.8 cm³/mol. The molecule has 3 unspecified atom stereocenters. The third kappa shape index (κ3) is 5.72. The molecule has 6 heteroatoms. The van der Waals surface area contributed by atoms with Crippen molar-refractivity contribution in [3.8, 4) is 0 Å². The number of rotatable bonds is 5. The first-order valence-electron chi connectivity index (χ1n) is 8.77. The van der Waals surface area contributed by atoms with E-state index in [0.29, 0.717) is 30.1 Å². The average molecular weight is 367 g/mol. The van der Waals surface area contributed by atoms with Crippen molar-refractivity contribution in [2.45, 2.75) is 52.4 Å². The van der Waals surface area contributed by atoms with E-state index in [2.05, 4.69) is 5.32 Å². The van der Waals surface area contributed by atoms with Gasteiger partial charge in [-0.2, -0.15) is 0 Å². The SMILES string of the molecule is CC(C)CC(NC(=O)c1ccc(Cl)cc1)C(=O)N1CC(C)OC(C)C1. The van der Waals surface area contributed by atoms with Gasteiger partial charge in [-0.1, -0.05) is 25.4 Å². The molecule has 0 spiro atoms. The van der Waals surface area contributed by atoms with Gasteiger partial charge in [0.15, 0.2) is 0 Å². The van der Waals surface area contributed by atoms with Crippen molar-refractivity contribution >= 4 is 23.4 Å². The topological polar surface area (TPSA) is 58.6 Å². The van der Waals surface area contributed by atoms with Crippen LogP contribution in [0.15, 0.2) is 24.3 Å². The van der Waals surface area contributed by atoms with Crippen LogP contribution in [-0.2, 0) is 9.53 Å². The lowest BCUT2D eigenvalue weighted by Crippen LogP contribution is -2.55. The summed E-state index contributed by atoms with van der Waals surface area (Å²) in [6.07, 6.45) is 0.594. The maximum Gasteiger partial charge on any atom is 0.251 e. The van der Waals surface area contributed by atoms with Crippen LogP contribution >= 0.6 is 11.6 Å². The maximum atomic E-state index is 13.0. The molecule has 1 saturated heterocycles. The summed E-state index contributed by atoms with van der Waals surface area (Å²) in [7, 11) is 0. The van der Waals surface area contributed by atoms with Crippen molar-refractivity contribution in [2.24, 2.45) is 5.92 Å². The van der Waals surface area contributed by atoms with E-state index >= 15 is 0 Å². The minimum Gasteiger partial charge on any atom is -0.372 e. The van der Waals surface area contributed by atoms with E-state index in [4.69, 9.17) is 16.3 Å². The first-order chi connectivity index (χ1) is 11.8. The van der Waals surface area contributed by atoms with E-state index in [9.17, 15) is 9.59 Å². The molecule has 0 aliphatic carbocycles. The molecule has 1 aromatic rings. The summed E-state index contributed by atoms with van der Waals surface area (Å²) in [5.41, 5.74) is 0.495. The Bertz CT molecular complexity index is 593. The van der Waals surface area contributed by atoms with Crippen molar-refractivity contribution in [3.05, 3.63) is 34.9 Å². The number of hydrogen-bond donors (Lipinski definition) is 1. The van der Waals surface area contributed by atoms with Gasteiger partial charge < -0.3 is 15.0 Å². The molecule has 1 aromatic carbocycles. The van der Waals surface area contributed by atoms with E-state index in [1.165, 1.54) is 0 Å². The van der Waals surface area contributed by atoms with Crippen molar-refractivity contribution in [3.63, 3.8) is 0 Å². The second-order valence-corrected chi connectivity index (χ2v) is 7.60. The van der Waals surface area contributed by atoms with Crippen LogP contribution in [0.1, 0.15) is 44.5 Å². The number of hydrogen-bond acceptors (Lipinski definition) is 3. The molecule has 1 fully saturated rings. The third-order valence-corrected chi connectivity index (χ3v) is 4.40. The number of carbonyl (C=O) groups is 2. The number of morpholine rings is 1. The zero-order chi connectivity index (χ0) is 18.6. The zero-order valence-electron chi connectivity index (χ0n) is 15.3. The molecule has 0 radical (unpaired) electrons. The molecule has 2 rings (SSSR count). The quantitative estimate of drug-likeness (QED) is 0.871. The van der Waals surface area contributed by atoms with Crippen LogP contribution in [0.3, 0.4) is 0 Å². The normalized spacial score (nSPS) is 21.9. The van der Waals surface area contributed by atoms with Crippen LogP contribution < -0.4 is 5.32 Å². The van der Waals surface area contributed by atoms with Gasteiger partial charge in [-0.05, 0) is 50.5 Å². The fourth-order valence-corrected chi connectivity index (χ4v) is 3.24. The summed E-state index contributed by atoms with van der Waals surface area (Å²) < 4.78 is 5.70. The van der Waals surface area contributed by atoms with Crippen molar-refractivity contribution < 1.29 is 14.3 Å². The van der Waals surface area contributed by atoms with Gasteiger partial charge in [-0.15, -0.1) is 0 Å². The van der Waals surface area contributed by atoms with Gasteiger partial charge in [0.05, 0.1) is 12.2 Å². The van der Waals surface area contributed by atoms with E-state index in [1.54, 1.807) is 29.2 Å². The summed E-state index contributed by atoms with van der Waals surface area (Å²) >= 11 is 5.87. The van der Waals surface area contributed by atoms with Gasteiger partial charge in [0.1, 0.15) is 6.04 Å². The van der Waals surface area contributed by atoms with Crippen LogP contribution in [0.5, 0.6) is 0 Å². The van der Waals surface area contributed by atoms with Crippen LogP contribution in [-0.4, -0.2) is 48.1 Å². The number of nitrogens with one attached hydrogen (secondary N) is 1. The summed E-state index contributed by atoms with van der Waals surface area (Å²) in [4.78, 5) is 27.3. The van der Waals surface area contributed by atoms with E-state index in [1.807, 2.05) is 27.7 Å². The fourth-order valence-electron chi connectivity index (χ4n) is 3.11. The van der Waals surface area contributed by atoms with Crippen LogP contribution in [0.2, 0.25) is 5.02 Å². The molecular weight excluding hydrogens is 340 g/mol. The Balaban J connectivity index is 2.10. The Kier molecular flexibility index (Phi) is 6.85. The van der Waals surface area contributed by atoms with Crippen molar-refractivity contribution in [2.75, 3.05) is 13.1 Å². The maximum absolute atomic E-state index is 13.0. The molecule has 5 nitrogen and oxygen atoms in total. The Labute approximate surface area is 154 Å². The molecule has 1 N–H and O–H groups in total. The van der Waals surface area contributed by atoms with E-state index in [-0.39, 0.29) is 29.9 Å². The molecule has 3 atom stereocenters. The first-order valence-corrected chi connectivity index (χ1v) is 9.14. The molecule has 0 saturated carbocycles. The van der Waals surface area contributed by atoms with Crippen molar-refractivity contribution in [1.29, 1.82) is 0 Å². The predicted octanol–water partition coefficient (Wildman–Crippen LogP) is 3.12. The van der Waals surface area contributed by atoms with Gasteiger partial charge in [0, 0.05) is 23.7 Å². The molecule has 138 valence electrons. The Morgan fingerprint density at radius 2 is 1.76 bits per heavy atom. The number of amides is 2. The number of benzene rings is 1. The zero-order valence-corrected chi connectivity index (χ0v) is 16.0. The highest BCUT2D eigenvalue weighted by molar-refractivity contribution is 6.30. The highest BCUT2D eigenvalue weighted by Crippen LogP contribution is 2.16. The summed E-state index contributed by atoms with van der Waals surface area (Å²) in [5, 5.41) is 3.47. The summed E-state index contributed by atoms with van der Waals surface area (Å²) in [6.45, 7) is 9.10. The summed E-state index contributed by atoms with van der Waals surface area (Å²) in [6, 6.07) is 6.11. The molecule has 1 aliphatic heterocycles. The lowest BCUT2D eigenvalue weighted by Gasteiger charge is -2.37. The fraction of sp³-hybridized carbons (Fsp3) is 0.579. The van der Waals surface area contributed by atoms with E-state index < -0.39 is 6.04 Å². The minimum atomic E-state index is -0.541. The smallest absolute Gasteiger partial charge is 0.251 e. The number of ether oxygens (including phenoxy) is 1. The first kappa shape index (κ1) is 19.7. The van der Waals surface area contributed by atoms with Gasteiger partial charge in [-0.3, -0.25) is 9.59 Å². The highest BCUT2D eigenvalue weighted by Gasteiger charge is 2.32. The standard InChI is InChI=1S/C19H27ClN2O3/c1-12(2)9-17(19(24)22-10-13(3)25-14(4)11-22)21-18(23)15-5-7-16(20)8-6-15/h5-8,12-14,17H,9-11H2,1-4H3,(H,21,23). The van der Waals surface area contributed by atoms with Crippen LogP contribution in [0.25, 0.3) is 0 Å². The Morgan fingerprint density at radius 3 is 2.28 bits per heavy atom. The van der Waals surface area contributed by atoms with E-state index in [0.717, 1.165) is 0 Å². The monoisotopic (exact) mass is 366 g/mol. The molecule has 1 aliphatic rings. The van der Waals surface area contributed by atoms with Crippen LogP contribution in [0, 0.1) is 5.92 Å². The number of carbonyl (C=O) groups excluding carboxylic acids is 2. The number of halogens is 1. The Hall–Kier alpha value is -1.59. The van der Waals surface area contributed by atoms with Gasteiger partial charge in [0.2, 0.25) is 5.91 Å². The molecule has 1 heterocycles. The largest absolute Gasteiger partial charge is 0.372 e. The third-order valence-electron chi connectivity index (χ3n) is 4.15. The lowest BCUT2D eigenvalue weighted by molar-refractivity contribution is -0.145. The molecule has 25 heavy (non-hydrogen) atoms. The lowest BCUT2D eigenvalue weighted by atomic mass is 10.0. The number of nitrogens with zero attached hydrogens (tertiary/aromatic N) is 1. The summed E-state index contributed by atoms with van der Waals surface area (Å²) in [5.74, 6) is -0.0154. The van der Waals surface area contributed by atoms with Crippen LogP contribution in [0.4, 0.5) is 0 Å². The Morgan fingerprint density at radius 1 is 1.20 bits per heavy atom. The average Bonchev–Trinajstić information content (AvgIpc) is 2.52. The molecule has 0 bridgehead atoms. The van der Waals surface area contributed by atoms with Crippen molar-refractivity contribution in [1.82, 2.24) is 10.2 Å². The van der Waals surface area contributed by atoms with Gasteiger partial charge in [0.25, 0.3) is 5.91 Å². The highest BCUT2D eigenvalue weighted by atomic mass is 35.5.